The highest BCUT2D eigenvalue weighted by Gasteiger charge is 2.33. The molecule has 1 atom stereocenters. The Hall–Kier alpha value is -2.55. The van der Waals surface area contributed by atoms with E-state index in [1.807, 2.05) is 47.4 Å². The van der Waals surface area contributed by atoms with Crippen molar-refractivity contribution in [2.24, 2.45) is 0 Å². The summed E-state index contributed by atoms with van der Waals surface area (Å²) in [5.74, 6) is 1.04. The van der Waals surface area contributed by atoms with Crippen LogP contribution in [0.15, 0.2) is 60.7 Å². The second-order valence-electron chi connectivity index (χ2n) is 5.41. The van der Waals surface area contributed by atoms with Crippen LogP contribution in [0.25, 0.3) is 6.08 Å². The molecule has 3 nitrogen and oxygen atoms in total. The number of amides is 1. The van der Waals surface area contributed by atoms with Gasteiger partial charge in [-0.15, -0.1) is 0 Å². The van der Waals surface area contributed by atoms with Gasteiger partial charge in [0.05, 0.1) is 19.6 Å². The zero-order valence-corrected chi connectivity index (χ0v) is 12.6. The van der Waals surface area contributed by atoms with Gasteiger partial charge in [0.2, 0.25) is 5.91 Å². The summed E-state index contributed by atoms with van der Waals surface area (Å²) in [6.45, 7) is 0.645. The van der Waals surface area contributed by atoms with E-state index in [9.17, 15) is 4.79 Å². The summed E-state index contributed by atoms with van der Waals surface area (Å²) < 4.78 is 5.15. The van der Waals surface area contributed by atoms with Crippen LogP contribution in [-0.4, -0.2) is 24.0 Å². The van der Waals surface area contributed by atoms with Gasteiger partial charge >= 0.3 is 0 Å². The van der Waals surface area contributed by atoms with Gasteiger partial charge in [0, 0.05) is 6.54 Å². The lowest BCUT2D eigenvalue weighted by Gasteiger charge is -2.39. The first kappa shape index (κ1) is 14.4. The van der Waals surface area contributed by atoms with Gasteiger partial charge in [-0.2, -0.15) is 0 Å². The van der Waals surface area contributed by atoms with E-state index < -0.39 is 0 Å². The minimum absolute atomic E-state index is 0.190. The summed E-state index contributed by atoms with van der Waals surface area (Å²) in [6, 6.07) is 18.2. The van der Waals surface area contributed by atoms with Gasteiger partial charge in [0.25, 0.3) is 0 Å². The third-order valence-corrected chi connectivity index (χ3v) is 3.93. The summed E-state index contributed by atoms with van der Waals surface area (Å²) in [4.78, 5) is 13.8. The minimum atomic E-state index is 0.190. The Morgan fingerprint density at radius 1 is 1.14 bits per heavy atom. The Morgan fingerprint density at radius 3 is 2.50 bits per heavy atom. The van der Waals surface area contributed by atoms with E-state index in [1.165, 1.54) is 0 Å². The zero-order valence-electron chi connectivity index (χ0n) is 12.6. The molecule has 0 saturated carbocycles. The van der Waals surface area contributed by atoms with Crippen molar-refractivity contribution in [3.8, 4) is 5.75 Å². The number of methoxy groups -OCH3 is 1. The summed E-state index contributed by atoms with van der Waals surface area (Å²) in [6.07, 6.45) is 4.79. The van der Waals surface area contributed by atoms with Crippen LogP contribution in [0.5, 0.6) is 5.75 Å². The molecule has 0 spiro atoms. The third-order valence-electron chi connectivity index (χ3n) is 3.93. The number of β-lactam (4-membered cyclic amide) rings is 1. The maximum absolute atomic E-state index is 11.8. The molecule has 1 aliphatic heterocycles. The lowest BCUT2D eigenvalue weighted by Crippen LogP contribution is -2.50. The summed E-state index contributed by atoms with van der Waals surface area (Å²) in [7, 11) is 1.65. The highest BCUT2D eigenvalue weighted by molar-refractivity contribution is 5.84. The van der Waals surface area contributed by atoms with Crippen LogP contribution in [0.4, 0.5) is 0 Å². The Balaban J connectivity index is 1.64. The average molecular weight is 293 g/mol. The van der Waals surface area contributed by atoms with E-state index in [4.69, 9.17) is 4.74 Å². The van der Waals surface area contributed by atoms with Crippen LogP contribution in [0.2, 0.25) is 0 Å². The number of hydrogen-bond acceptors (Lipinski definition) is 2. The van der Waals surface area contributed by atoms with Gasteiger partial charge in [-0.1, -0.05) is 54.6 Å². The van der Waals surface area contributed by atoms with E-state index in [0.717, 1.165) is 16.9 Å². The first-order valence-electron chi connectivity index (χ1n) is 7.42. The van der Waals surface area contributed by atoms with Crippen molar-refractivity contribution in [3.05, 3.63) is 71.8 Å². The summed E-state index contributed by atoms with van der Waals surface area (Å²) in [5.41, 5.74) is 2.28. The Kier molecular flexibility index (Phi) is 4.24. The minimum Gasteiger partial charge on any atom is -0.497 e. The first-order chi connectivity index (χ1) is 10.8. The molecule has 1 saturated heterocycles. The van der Waals surface area contributed by atoms with Crippen LogP contribution >= 0.6 is 0 Å². The van der Waals surface area contributed by atoms with E-state index in [1.54, 1.807) is 7.11 Å². The molecule has 3 heteroatoms. The van der Waals surface area contributed by atoms with Gasteiger partial charge in [-0.3, -0.25) is 4.79 Å². The first-order valence-corrected chi connectivity index (χ1v) is 7.42. The average Bonchev–Trinajstić information content (AvgIpc) is 2.58. The number of ether oxygens (including phenoxy) is 1. The highest BCUT2D eigenvalue weighted by atomic mass is 16.5. The van der Waals surface area contributed by atoms with E-state index in [2.05, 4.69) is 24.3 Å². The molecule has 2 aromatic rings. The fourth-order valence-corrected chi connectivity index (χ4v) is 2.57. The smallest absolute Gasteiger partial charge is 0.225 e. The Morgan fingerprint density at radius 2 is 1.86 bits per heavy atom. The molecule has 22 heavy (non-hydrogen) atoms. The SMILES string of the molecule is COc1ccc(CN2C(=O)CC2/C=C/c2ccccc2)cc1. The van der Waals surface area contributed by atoms with Gasteiger partial charge in [0.1, 0.15) is 5.75 Å². The number of hydrogen-bond donors (Lipinski definition) is 0. The number of carbonyl (C=O) groups is 1. The molecule has 1 aliphatic rings. The van der Waals surface area contributed by atoms with E-state index in [-0.39, 0.29) is 11.9 Å². The maximum Gasteiger partial charge on any atom is 0.225 e. The van der Waals surface area contributed by atoms with Gasteiger partial charge in [-0.25, -0.2) is 0 Å². The molecular weight excluding hydrogens is 274 g/mol. The van der Waals surface area contributed by atoms with Crippen molar-refractivity contribution in [2.75, 3.05) is 7.11 Å². The highest BCUT2D eigenvalue weighted by Crippen LogP contribution is 2.24. The fraction of sp³-hybridized carbons (Fsp3) is 0.211. The number of rotatable bonds is 5. The molecule has 1 fully saturated rings. The predicted molar refractivity (Wildman–Crippen MR) is 87.4 cm³/mol. The second-order valence-corrected chi connectivity index (χ2v) is 5.41. The number of nitrogens with zero attached hydrogens (tertiary/aromatic N) is 1. The quantitative estimate of drug-likeness (QED) is 0.790. The fourth-order valence-electron chi connectivity index (χ4n) is 2.57. The Labute approximate surface area is 130 Å². The molecule has 1 amide bonds. The van der Waals surface area contributed by atoms with Crippen molar-refractivity contribution in [2.45, 2.75) is 19.0 Å². The third kappa shape index (κ3) is 3.19. The van der Waals surface area contributed by atoms with Gasteiger partial charge in [0.15, 0.2) is 0 Å². The van der Waals surface area contributed by atoms with Crippen molar-refractivity contribution in [1.29, 1.82) is 0 Å². The molecule has 0 aliphatic carbocycles. The van der Waals surface area contributed by atoms with Gasteiger partial charge < -0.3 is 9.64 Å². The summed E-state index contributed by atoms with van der Waals surface area (Å²) >= 11 is 0. The van der Waals surface area contributed by atoms with Crippen molar-refractivity contribution >= 4 is 12.0 Å². The van der Waals surface area contributed by atoms with Crippen molar-refractivity contribution in [3.63, 3.8) is 0 Å². The van der Waals surface area contributed by atoms with Crippen molar-refractivity contribution in [1.82, 2.24) is 4.90 Å². The van der Waals surface area contributed by atoms with E-state index >= 15 is 0 Å². The van der Waals surface area contributed by atoms with Gasteiger partial charge in [-0.05, 0) is 23.3 Å². The normalized spacial score (nSPS) is 17.6. The molecule has 1 heterocycles. The van der Waals surface area contributed by atoms with Crippen molar-refractivity contribution < 1.29 is 9.53 Å². The molecule has 0 radical (unpaired) electrons. The lowest BCUT2D eigenvalue weighted by atomic mass is 9.99. The number of likely N-dealkylation sites (tertiary alicyclic amines) is 1. The summed E-state index contributed by atoms with van der Waals surface area (Å²) in [5, 5.41) is 0. The van der Waals surface area contributed by atoms with Crippen LogP contribution < -0.4 is 4.74 Å². The predicted octanol–water partition coefficient (Wildman–Crippen LogP) is 3.51. The number of benzene rings is 2. The second kappa shape index (κ2) is 6.48. The monoisotopic (exact) mass is 293 g/mol. The van der Waals surface area contributed by atoms with E-state index in [0.29, 0.717) is 13.0 Å². The van der Waals surface area contributed by atoms with Crippen LogP contribution in [-0.2, 0) is 11.3 Å². The standard InChI is InChI=1S/C19H19NO2/c1-22-18-11-8-16(9-12-18)14-20-17(13-19(20)21)10-7-15-5-3-2-4-6-15/h2-12,17H,13-14H2,1H3/b10-7+. The molecule has 0 bridgehead atoms. The van der Waals surface area contributed by atoms with Crippen LogP contribution in [0.1, 0.15) is 17.5 Å². The molecule has 0 aromatic heterocycles. The lowest BCUT2D eigenvalue weighted by molar-refractivity contribution is -0.144. The molecule has 1 unspecified atom stereocenters. The maximum atomic E-state index is 11.8. The number of carbonyl (C=O) groups excluding carboxylic acids is 1. The molecule has 112 valence electrons. The zero-order chi connectivity index (χ0) is 15.4. The van der Waals surface area contributed by atoms with Crippen LogP contribution in [0, 0.1) is 0 Å². The van der Waals surface area contributed by atoms with Crippen LogP contribution in [0.3, 0.4) is 0 Å². The molecular formula is C19H19NO2. The Bertz CT molecular complexity index is 662. The molecule has 0 N–H and O–H groups in total. The molecule has 2 aromatic carbocycles. The molecule has 3 rings (SSSR count). The topological polar surface area (TPSA) is 29.5 Å². The largest absolute Gasteiger partial charge is 0.497 e.